The number of carbonyl (C=O) groups is 3. The Morgan fingerprint density at radius 1 is 1.20 bits per heavy atom. The third-order valence-corrected chi connectivity index (χ3v) is 4.21. The summed E-state index contributed by atoms with van der Waals surface area (Å²) in [5.41, 5.74) is 0.979. The van der Waals surface area contributed by atoms with Gasteiger partial charge in [-0.05, 0) is 25.0 Å². The van der Waals surface area contributed by atoms with Gasteiger partial charge in [-0.15, -0.1) is 0 Å². The van der Waals surface area contributed by atoms with E-state index < -0.39 is 0 Å². The Kier molecular flexibility index (Phi) is 4.60. The summed E-state index contributed by atoms with van der Waals surface area (Å²) in [5.74, 6) is -0.421. The number of benzene rings is 1. The van der Waals surface area contributed by atoms with Crippen LogP contribution >= 0.6 is 11.8 Å². The van der Waals surface area contributed by atoms with E-state index in [9.17, 15) is 14.4 Å². The van der Waals surface area contributed by atoms with E-state index in [4.69, 9.17) is 0 Å². The van der Waals surface area contributed by atoms with Gasteiger partial charge in [0.25, 0.3) is 11.8 Å². The minimum absolute atomic E-state index is 0.0956. The molecular weight excluding hydrogens is 274 g/mol. The molecule has 106 valence electrons. The van der Waals surface area contributed by atoms with Crippen molar-refractivity contribution in [3.05, 3.63) is 35.4 Å². The van der Waals surface area contributed by atoms with Crippen LogP contribution in [0.15, 0.2) is 24.3 Å². The van der Waals surface area contributed by atoms with E-state index in [1.54, 1.807) is 31.2 Å². The van der Waals surface area contributed by atoms with Crippen molar-refractivity contribution in [2.75, 3.05) is 6.54 Å². The first-order chi connectivity index (χ1) is 9.50. The summed E-state index contributed by atoms with van der Waals surface area (Å²) < 4.78 is 0. The average molecular weight is 291 g/mol. The number of hydrogen-bond donors (Lipinski definition) is 0. The summed E-state index contributed by atoms with van der Waals surface area (Å²) in [7, 11) is 0. The quantitative estimate of drug-likeness (QED) is 0.783. The molecule has 1 atom stereocenters. The molecule has 0 saturated heterocycles. The van der Waals surface area contributed by atoms with Gasteiger partial charge < -0.3 is 0 Å². The first-order valence-electron chi connectivity index (χ1n) is 6.63. The average Bonchev–Trinajstić information content (AvgIpc) is 2.63. The van der Waals surface area contributed by atoms with E-state index in [1.165, 1.54) is 16.7 Å². The minimum Gasteiger partial charge on any atom is -0.288 e. The van der Waals surface area contributed by atoms with Crippen molar-refractivity contribution < 1.29 is 14.4 Å². The lowest BCUT2D eigenvalue weighted by Crippen LogP contribution is -2.31. The van der Waals surface area contributed by atoms with Crippen molar-refractivity contribution >= 4 is 28.7 Å². The lowest BCUT2D eigenvalue weighted by Gasteiger charge is -2.15. The smallest absolute Gasteiger partial charge is 0.261 e. The standard InChI is InChI=1S/C15H17NO3S/c1-10(20-11(2)17)6-5-9-16-14(18)12-7-3-4-8-13(12)15(16)19/h3-4,7-8,10H,5-6,9H2,1-2H3. The van der Waals surface area contributed by atoms with E-state index in [-0.39, 0.29) is 22.2 Å². The Hall–Kier alpha value is -1.62. The molecule has 0 saturated carbocycles. The first-order valence-corrected chi connectivity index (χ1v) is 7.51. The van der Waals surface area contributed by atoms with E-state index in [1.807, 2.05) is 6.92 Å². The largest absolute Gasteiger partial charge is 0.288 e. The molecule has 1 aliphatic heterocycles. The van der Waals surface area contributed by atoms with Crippen molar-refractivity contribution in [3.8, 4) is 0 Å². The zero-order chi connectivity index (χ0) is 14.7. The molecule has 4 nitrogen and oxygen atoms in total. The molecule has 1 aromatic carbocycles. The van der Waals surface area contributed by atoms with Crippen LogP contribution in [-0.4, -0.2) is 33.6 Å². The molecule has 1 heterocycles. The van der Waals surface area contributed by atoms with Gasteiger partial charge in [0.15, 0.2) is 5.12 Å². The van der Waals surface area contributed by atoms with Gasteiger partial charge in [0.2, 0.25) is 0 Å². The monoisotopic (exact) mass is 291 g/mol. The van der Waals surface area contributed by atoms with Crippen LogP contribution in [0.5, 0.6) is 0 Å². The van der Waals surface area contributed by atoms with Gasteiger partial charge in [-0.1, -0.05) is 30.8 Å². The molecule has 1 unspecified atom stereocenters. The summed E-state index contributed by atoms with van der Waals surface area (Å²) in [4.78, 5) is 36.5. The van der Waals surface area contributed by atoms with Crippen LogP contribution in [0.2, 0.25) is 0 Å². The summed E-state index contributed by atoms with van der Waals surface area (Å²) in [6, 6.07) is 6.89. The predicted molar refractivity (Wildman–Crippen MR) is 78.8 cm³/mol. The van der Waals surface area contributed by atoms with Gasteiger partial charge in [-0.3, -0.25) is 19.3 Å². The molecule has 20 heavy (non-hydrogen) atoms. The minimum atomic E-state index is -0.211. The molecule has 0 bridgehead atoms. The highest BCUT2D eigenvalue weighted by Crippen LogP contribution is 2.23. The topological polar surface area (TPSA) is 54.5 Å². The Balaban J connectivity index is 1.91. The van der Waals surface area contributed by atoms with Gasteiger partial charge in [-0.2, -0.15) is 0 Å². The second-order valence-electron chi connectivity index (χ2n) is 4.87. The Bertz CT molecular complexity index is 521. The molecule has 5 heteroatoms. The van der Waals surface area contributed by atoms with E-state index in [2.05, 4.69) is 0 Å². The fourth-order valence-electron chi connectivity index (χ4n) is 2.32. The van der Waals surface area contributed by atoms with Crippen LogP contribution in [0.1, 0.15) is 47.4 Å². The van der Waals surface area contributed by atoms with Crippen LogP contribution in [0.4, 0.5) is 0 Å². The zero-order valence-electron chi connectivity index (χ0n) is 11.6. The van der Waals surface area contributed by atoms with Crippen LogP contribution in [0.3, 0.4) is 0 Å². The molecular formula is C15H17NO3S. The molecule has 0 fully saturated rings. The van der Waals surface area contributed by atoms with Crippen LogP contribution in [0, 0.1) is 0 Å². The summed E-state index contributed by atoms with van der Waals surface area (Å²) >= 11 is 1.30. The molecule has 0 radical (unpaired) electrons. The third kappa shape index (κ3) is 3.10. The summed E-state index contributed by atoms with van der Waals surface area (Å²) in [6.45, 7) is 3.94. The van der Waals surface area contributed by atoms with Crippen LogP contribution in [-0.2, 0) is 4.79 Å². The molecule has 2 amide bonds. The van der Waals surface area contributed by atoms with E-state index >= 15 is 0 Å². The van der Waals surface area contributed by atoms with Gasteiger partial charge in [0, 0.05) is 18.7 Å². The van der Waals surface area contributed by atoms with E-state index in [0.717, 1.165) is 6.42 Å². The number of nitrogens with zero attached hydrogens (tertiary/aromatic N) is 1. The summed E-state index contributed by atoms with van der Waals surface area (Å²) in [6.07, 6.45) is 1.52. The fraction of sp³-hybridized carbons (Fsp3) is 0.400. The Morgan fingerprint density at radius 2 is 1.75 bits per heavy atom. The van der Waals surface area contributed by atoms with Gasteiger partial charge >= 0.3 is 0 Å². The number of rotatable bonds is 5. The number of carbonyl (C=O) groups excluding carboxylic acids is 3. The second-order valence-corrected chi connectivity index (χ2v) is 6.49. The number of amides is 2. The molecule has 1 aromatic rings. The van der Waals surface area contributed by atoms with Gasteiger partial charge in [0.1, 0.15) is 0 Å². The number of fused-ring (bicyclic) bond motifs is 1. The molecule has 1 aliphatic rings. The maximum atomic E-state index is 12.1. The lowest BCUT2D eigenvalue weighted by molar-refractivity contribution is -0.109. The lowest BCUT2D eigenvalue weighted by atomic mass is 10.1. The number of imide groups is 1. The zero-order valence-corrected chi connectivity index (χ0v) is 12.4. The van der Waals surface area contributed by atoms with Crippen LogP contribution in [0.25, 0.3) is 0 Å². The summed E-state index contributed by atoms with van der Waals surface area (Å²) in [5, 5.41) is 0.306. The van der Waals surface area contributed by atoms with E-state index in [0.29, 0.717) is 24.1 Å². The Labute approximate surface area is 122 Å². The highest BCUT2D eigenvalue weighted by molar-refractivity contribution is 8.14. The van der Waals surface area contributed by atoms with Crippen LogP contribution < -0.4 is 0 Å². The highest BCUT2D eigenvalue weighted by atomic mass is 32.2. The van der Waals surface area contributed by atoms with Crippen molar-refractivity contribution in [3.63, 3.8) is 0 Å². The van der Waals surface area contributed by atoms with Crippen molar-refractivity contribution in [2.45, 2.75) is 31.9 Å². The molecule has 0 N–H and O–H groups in total. The third-order valence-electron chi connectivity index (χ3n) is 3.24. The first kappa shape index (κ1) is 14.8. The highest BCUT2D eigenvalue weighted by Gasteiger charge is 2.34. The maximum Gasteiger partial charge on any atom is 0.261 e. The Morgan fingerprint density at radius 3 is 2.25 bits per heavy atom. The van der Waals surface area contributed by atoms with Gasteiger partial charge in [0.05, 0.1) is 11.1 Å². The SMILES string of the molecule is CC(=O)SC(C)CCCN1C(=O)c2ccccc2C1=O. The predicted octanol–water partition coefficient (Wildman–Crippen LogP) is 2.73. The van der Waals surface area contributed by atoms with Crippen molar-refractivity contribution in [2.24, 2.45) is 0 Å². The number of thioether (sulfide) groups is 1. The number of hydrogen-bond acceptors (Lipinski definition) is 4. The normalized spacial score (nSPS) is 15.4. The molecule has 0 spiro atoms. The molecule has 0 aliphatic carbocycles. The molecule has 0 aromatic heterocycles. The maximum absolute atomic E-state index is 12.1. The fourth-order valence-corrected chi connectivity index (χ4v) is 3.17. The second kappa shape index (κ2) is 6.22. The molecule has 2 rings (SSSR count). The van der Waals surface area contributed by atoms with Crippen molar-refractivity contribution in [1.29, 1.82) is 0 Å². The van der Waals surface area contributed by atoms with Gasteiger partial charge in [-0.25, -0.2) is 0 Å². The van der Waals surface area contributed by atoms with Crippen molar-refractivity contribution in [1.82, 2.24) is 4.90 Å².